The summed E-state index contributed by atoms with van der Waals surface area (Å²) in [6.07, 6.45) is -3.13. The Hall–Kier alpha value is -3.51. The number of benzene rings is 1. The summed E-state index contributed by atoms with van der Waals surface area (Å²) < 4.78 is 87.9. The largest absolute Gasteiger partial charge is 0.444 e. The second kappa shape index (κ2) is 9.99. The Labute approximate surface area is 214 Å². The molecule has 2 aliphatic rings. The number of carbonyl (C=O) groups is 2. The number of fused-ring (bicyclic) bond motifs is 1. The fraction of sp³-hybridized carbons (Fsp3) is 0.480. The van der Waals surface area contributed by atoms with Crippen molar-refractivity contribution < 1.29 is 40.7 Å². The lowest BCUT2D eigenvalue weighted by Crippen LogP contribution is -2.46. The lowest BCUT2D eigenvalue weighted by atomic mass is 9.79. The molecule has 38 heavy (non-hydrogen) atoms. The van der Waals surface area contributed by atoms with Crippen LogP contribution >= 0.6 is 0 Å². The minimum atomic E-state index is -4.62. The van der Waals surface area contributed by atoms with Crippen LogP contribution in [0.5, 0.6) is 0 Å². The Balaban J connectivity index is 1.58. The van der Waals surface area contributed by atoms with Crippen molar-refractivity contribution in [3.8, 4) is 0 Å². The van der Waals surface area contributed by atoms with Gasteiger partial charge < -0.3 is 19.5 Å². The van der Waals surface area contributed by atoms with Crippen molar-refractivity contribution in [2.24, 2.45) is 0 Å². The van der Waals surface area contributed by atoms with Gasteiger partial charge in [-0.25, -0.2) is 22.9 Å². The van der Waals surface area contributed by atoms with E-state index in [1.54, 1.807) is 20.8 Å². The molecule has 7 nitrogen and oxygen atoms in total. The molecule has 1 aliphatic carbocycles. The van der Waals surface area contributed by atoms with E-state index in [1.165, 1.54) is 15.5 Å². The summed E-state index contributed by atoms with van der Waals surface area (Å²) in [6.45, 7) is 5.00. The number of allylic oxidation sites excluding steroid dienone is 1. The van der Waals surface area contributed by atoms with Crippen LogP contribution in [0.15, 0.2) is 30.0 Å². The van der Waals surface area contributed by atoms with Crippen molar-refractivity contribution in [2.45, 2.75) is 70.4 Å². The zero-order valence-corrected chi connectivity index (χ0v) is 20.8. The molecule has 1 aromatic heterocycles. The Morgan fingerprint density at radius 3 is 2.39 bits per heavy atom. The highest BCUT2D eigenvalue weighted by atomic mass is 19.4. The first-order valence-electron chi connectivity index (χ1n) is 11.9. The molecule has 0 spiro atoms. The van der Waals surface area contributed by atoms with E-state index < -0.39 is 58.9 Å². The summed E-state index contributed by atoms with van der Waals surface area (Å²) in [7, 11) is 0. The number of aromatic nitrogens is 2. The zero-order valence-electron chi connectivity index (χ0n) is 20.8. The van der Waals surface area contributed by atoms with E-state index in [4.69, 9.17) is 4.74 Å². The first-order chi connectivity index (χ1) is 17.6. The van der Waals surface area contributed by atoms with Crippen LogP contribution in [0, 0.1) is 17.5 Å². The van der Waals surface area contributed by atoms with Gasteiger partial charge in [0.2, 0.25) is 5.91 Å². The molecule has 4 rings (SSSR count). The molecule has 206 valence electrons. The molecule has 0 saturated carbocycles. The summed E-state index contributed by atoms with van der Waals surface area (Å²) >= 11 is 0. The van der Waals surface area contributed by atoms with Crippen molar-refractivity contribution in [3.63, 3.8) is 0 Å². The number of alkyl halides is 3. The van der Waals surface area contributed by atoms with Crippen molar-refractivity contribution in [3.05, 3.63) is 64.5 Å². The Bertz CT molecular complexity index is 1280. The Morgan fingerprint density at radius 2 is 1.74 bits per heavy atom. The third kappa shape index (κ3) is 5.97. The van der Waals surface area contributed by atoms with Crippen molar-refractivity contribution >= 4 is 12.0 Å². The van der Waals surface area contributed by atoms with E-state index >= 15 is 0 Å². The van der Waals surface area contributed by atoms with Gasteiger partial charge in [-0.3, -0.25) is 4.79 Å². The van der Waals surface area contributed by atoms with Crippen LogP contribution in [0.4, 0.5) is 31.1 Å². The molecular formula is C25H26F6N4O3. The topological polar surface area (TPSA) is 76.5 Å². The second-order valence-electron chi connectivity index (χ2n) is 10.3. The normalized spacial score (nSPS) is 20.0. The van der Waals surface area contributed by atoms with E-state index in [0.29, 0.717) is 6.07 Å². The van der Waals surface area contributed by atoms with Crippen LogP contribution in [0.1, 0.15) is 56.6 Å². The summed E-state index contributed by atoms with van der Waals surface area (Å²) in [5.74, 6) is -4.86. The van der Waals surface area contributed by atoms with Crippen LogP contribution in [-0.4, -0.2) is 44.6 Å². The van der Waals surface area contributed by atoms with Gasteiger partial charge in [-0.15, -0.1) is 0 Å². The monoisotopic (exact) mass is 544 g/mol. The fourth-order valence-corrected chi connectivity index (χ4v) is 4.61. The first-order valence-corrected chi connectivity index (χ1v) is 11.9. The Morgan fingerprint density at radius 1 is 1.05 bits per heavy atom. The van der Waals surface area contributed by atoms with Gasteiger partial charge in [0.15, 0.2) is 17.3 Å². The fourth-order valence-electron chi connectivity index (χ4n) is 4.61. The number of amides is 2. The minimum absolute atomic E-state index is 0.00419. The third-order valence-electron chi connectivity index (χ3n) is 6.34. The number of ether oxygens (including phenoxy) is 1. The average Bonchev–Trinajstić information content (AvgIpc) is 3.24. The molecule has 0 bridgehead atoms. The number of hydrogen-bond donors (Lipinski definition) is 1. The number of carbonyl (C=O) groups excluding carboxylic acids is 2. The molecule has 2 heterocycles. The summed E-state index contributed by atoms with van der Waals surface area (Å²) in [4.78, 5) is 30.8. The van der Waals surface area contributed by atoms with Gasteiger partial charge in [-0.05, 0) is 45.2 Å². The number of nitrogens with zero attached hydrogens (tertiary/aromatic N) is 3. The zero-order chi connectivity index (χ0) is 28.0. The van der Waals surface area contributed by atoms with Crippen LogP contribution in [0.3, 0.4) is 0 Å². The molecule has 2 amide bonds. The lowest BCUT2D eigenvalue weighted by molar-refractivity contribution is -0.141. The van der Waals surface area contributed by atoms with Gasteiger partial charge in [0.25, 0.3) is 0 Å². The van der Waals surface area contributed by atoms with Gasteiger partial charge >= 0.3 is 12.3 Å². The average molecular weight is 544 g/mol. The highest BCUT2D eigenvalue weighted by Crippen LogP contribution is 2.36. The molecule has 0 radical (unpaired) electrons. The molecule has 2 atom stereocenters. The number of halogens is 6. The molecule has 13 heteroatoms. The van der Waals surface area contributed by atoms with Crippen LogP contribution < -0.4 is 5.32 Å². The predicted octanol–water partition coefficient (Wildman–Crippen LogP) is 5.06. The van der Waals surface area contributed by atoms with Gasteiger partial charge in [-0.2, -0.15) is 13.2 Å². The van der Waals surface area contributed by atoms with Crippen molar-refractivity contribution in [1.82, 2.24) is 19.8 Å². The number of nitrogens with one attached hydrogen (secondary N) is 1. The molecule has 0 fully saturated rings. The Kier molecular flexibility index (Phi) is 7.23. The lowest BCUT2D eigenvalue weighted by Gasteiger charge is -2.35. The molecule has 2 unspecified atom stereocenters. The standard InChI is InChI=1S/C25H26F6N4O3/c1-24(2,3)38-23(37)32-19-8-13(4-5-14(19)15-9-17(27)18(28)10-16(15)26)22(36)35-7-6-34-11-20(25(29,30)31)33-21(34)12-35/h4,9-11,14,19H,5-8,12H2,1-3H3,(H,32,37). The van der Waals surface area contributed by atoms with Crippen molar-refractivity contribution in [2.75, 3.05) is 6.54 Å². The van der Waals surface area contributed by atoms with Gasteiger partial charge in [-0.1, -0.05) is 6.08 Å². The number of imidazole rings is 1. The number of alkyl carbamates (subject to hydrolysis) is 1. The van der Waals surface area contributed by atoms with Crippen LogP contribution in [0.25, 0.3) is 0 Å². The van der Waals surface area contributed by atoms with Gasteiger partial charge in [0, 0.05) is 42.9 Å². The van der Waals surface area contributed by atoms with E-state index in [9.17, 15) is 35.9 Å². The molecule has 0 saturated heterocycles. The number of hydrogen-bond acceptors (Lipinski definition) is 4. The number of rotatable bonds is 3. The van der Waals surface area contributed by atoms with E-state index in [0.717, 1.165) is 12.3 Å². The predicted molar refractivity (Wildman–Crippen MR) is 122 cm³/mol. The van der Waals surface area contributed by atoms with E-state index in [2.05, 4.69) is 10.3 Å². The molecular weight excluding hydrogens is 518 g/mol. The molecule has 1 aromatic carbocycles. The van der Waals surface area contributed by atoms with Gasteiger partial charge in [0.1, 0.15) is 17.2 Å². The van der Waals surface area contributed by atoms with E-state index in [-0.39, 0.29) is 49.4 Å². The third-order valence-corrected chi connectivity index (χ3v) is 6.34. The minimum Gasteiger partial charge on any atom is -0.444 e. The smallest absolute Gasteiger partial charge is 0.434 e. The van der Waals surface area contributed by atoms with Gasteiger partial charge in [0.05, 0.1) is 6.54 Å². The highest BCUT2D eigenvalue weighted by Gasteiger charge is 2.38. The maximum absolute atomic E-state index is 14.6. The summed E-state index contributed by atoms with van der Waals surface area (Å²) in [5.41, 5.74) is -1.84. The molecule has 1 aliphatic heterocycles. The highest BCUT2D eigenvalue weighted by molar-refractivity contribution is 5.94. The first kappa shape index (κ1) is 27.5. The van der Waals surface area contributed by atoms with Crippen LogP contribution in [-0.2, 0) is 28.8 Å². The second-order valence-corrected chi connectivity index (χ2v) is 10.3. The molecule has 2 aromatic rings. The maximum Gasteiger partial charge on any atom is 0.434 e. The summed E-state index contributed by atoms with van der Waals surface area (Å²) in [5, 5.41) is 2.61. The van der Waals surface area contributed by atoms with Crippen LogP contribution in [0.2, 0.25) is 0 Å². The maximum atomic E-state index is 14.6. The van der Waals surface area contributed by atoms with Crippen molar-refractivity contribution in [1.29, 1.82) is 0 Å². The molecule has 1 N–H and O–H groups in total. The SMILES string of the molecule is CC(C)(C)OC(=O)NC1CC(C(=O)N2CCn3cc(C(F)(F)F)nc3C2)=CCC1c1cc(F)c(F)cc1F. The quantitative estimate of drug-likeness (QED) is 0.433. The van der Waals surface area contributed by atoms with E-state index in [1.807, 2.05) is 0 Å². The summed E-state index contributed by atoms with van der Waals surface area (Å²) in [6, 6.07) is 0.226.